The van der Waals surface area contributed by atoms with Crippen molar-refractivity contribution in [3.8, 4) is 0 Å². The zero-order chi connectivity index (χ0) is 16.4. The SMILES string of the molecule is CN(C)C(=O)C1CCCN1C(=O)c1ccn(C2CCCNC2)n1.Cl. The summed E-state index contributed by atoms with van der Waals surface area (Å²) in [6.45, 7) is 2.56. The highest BCUT2D eigenvalue weighted by Crippen LogP contribution is 2.22. The Hall–Kier alpha value is -1.60. The molecule has 134 valence electrons. The molecule has 0 radical (unpaired) electrons. The van der Waals surface area contributed by atoms with Crippen molar-refractivity contribution in [2.24, 2.45) is 0 Å². The molecular formula is C16H26ClN5O2. The highest BCUT2D eigenvalue weighted by atomic mass is 35.5. The topological polar surface area (TPSA) is 70.5 Å². The lowest BCUT2D eigenvalue weighted by Gasteiger charge is -2.25. The number of nitrogens with one attached hydrogen (secondary N) is 1. The van der Waals surface area contributed by atoms with Crippen LogP contribution in [-0.4, -0.2) is 71.2 Å². The smallest absolute Gasteiger partial charge is 0.275 e. The van der Waals surface area contributed by atoms with Crippen LogP contribution in [0, 0.1) is 0 Å². The van der Waals surface area contributed by atoms with E-state index >= 15 is 0 Å². The second-order valence-electron chi connectivity index (χ2n) is 6.57. The molecule has 2 aliphatic heterocycles. The number of halogens is 1. The fourth-order valence-electron chi connectivity index (χ4n) is 3.43. The normalized spacial score (nSPS) is 23.7. The van der Waals surface area contributed by atoms with Crippen LogP contribution in [0.3, 0.4) is 0 Å². The monoisotopic (exact) mass is 355 g/mol. The first-order chi connectivity index (χ1) is 11.1. The molecule has 1 aromatic rings. The fourth-order valence-corrected chi connectivity index (χ4v) is 3.43. The zero-order valence-electron chi connectivity index (χ0n) is 14.3. The molecule has 3 rings (SSSR count). The van der Waals surface area contributed by atoms with Crippen molar-refractivity contribution < 1.29 is 9.59 Å². The summed E-state index contributed by atoms with van der Waals surface area (Å²) in [5.41, 5.74) is 0.439. The second-order valence-corrected chi connectivity index (χ2v) is 6.57. The van der Waals surface area contributed by atoms with E-state index in [0.717, 1.165) is 38.8 Å². The Kier molecular flexibility index (Phi) is 6.23. The summed E-state index contributed by atoms with van der Waals surface area (Å²) in [4.78, 5) is 28.2. The molecule has 1 aromatic heterocycles. The molecule has 0 spiro atoms. The van der Waals surface area contributed by atoms with Crippen LogP contribution in [0.25, 0.3) is 0 Å². The summed E-state index contributed by atoms with van der Waals surface area (Å²) in [5.74, 6) is -0.142. The predicted molar refractivity (Wildman–Crippen MR) is 93.4 cm³/mol. The van der Waals surface area contributed by atoms with Crippen molar-refractivity contribution in [2.45, 2.75) is 37.8 Å². The van der Waals surface area contributed by atoms with E-state index in [1.54, 1.807) is 30.0 Å². The van der Waals surface area contributed by atoms with Crippen LogP contribution >= 0.6 is 12.4 Å². The predicted octanol–water partition coefficient (Wildman–Crippen LogP) is 0.922. The molecule has 24 heavy (non-hydrogen) atoms. The number of hydrogen-bond donors (Lipinski definition) is 1. The van der Waals surface area contributed by atoms with Gasteiger partial charge >= 0.3 is 0 Å². The fraction of sp³-hybridized carbons (Fsp3) is 0.688. The Bertz CT molecular complexity index is 583. The van der Waals surface area contributed by atoms with E-state index in [-0.39, 0.29) is 30.3 Å². The quantitative estimate of drug-likeness (QED) is 0.875. The van der Waals surface area contributed by atoms with Gasteiger partial charge in [0.1, 0.15) is 11.7 Å². The molecule has 0 saturated carbocycles. The molecule has 2 fully saturated rings. The summed E-state index contributed by atoms with van der Waals surface area (Å²) in [7, 11) is 3.46. The number of nitrogens with zero attached hydrogens (tertiary/aromatic N) is 4. The van der Waals surface area contributed by atoms with Crippen molar-refractivity contribution in [3.05, 3.63) is 18.0 Å². The van der Waals surface area contributed by atoms with Gasteiger partial charge in [0.25, 0.3) is 5.91 Å². The van der Waals surface area contributed by atoms with Crippen molar-refractivity contribution in [3.63, 3.8) is 0 Å². The van der Waals surface area contributed by atoms with Crippen molar-refractivity contribution in [2.75, 3.05) is 33.7 Å². The third-order valence-electron chi connectivity index (χ3n) is 4.71. The highest BCUT2D eigenvalue weighted by Gasteiger charge is 2.36. The Morgan fingerprint density at radius 2 is 2.08 bits per heavy atom. The molecule has 2 amide bonds. The number of amides is 2. The van der Waals surface area contributed by atoms with Crippen LogP contribution in [0.2, 0.25) is 0 Å². The van der Waals surface area contributed by atoms with Crippen molar-refractivity contribution in [1.82, 2.24) is 24.9 Å². The number of carbonyl (C=O) groups is 2. The summed E-state index contributed by atoms with van der Waals surface area (Å²) >= 11 is 0. The largest absolute Gasteiger partial charge is 0.347 e. The lowest BCUT2D eigenvalue weighted by atomic mass is 10.1. The minimum Gasteiger partial charge on any atom is -0.347 e. The average Bonchev–Trinajstić information content (AvgIpc) is 3.23. The van der Waals surface area contributed by atoms with Gasteiger partial charge in [-0.1, -0.05) is 0 Å². The summed E-state index contributed by atoms with van der Waals surface area (Å²) < 4.78 is 1.89. The number of carbonyl (C=O) groups excluding carboxylic acids is 2. The molecule has 2 atom stereocenters. The Labute approximate surface area is 148 Å². The molecule has 2 unspecified atom stereocenters. The third-order valence-corrected chi connectivity index (χ3v) is 4.71. The van der Waals surface area contributed by atoms with Gasteiger partial charge in [0.2, 0.25) is 5.91 Å². The first-order valence-electron chi connectivity index (χ1n) is 8.36. The van der Waals surface area contributed by atoms with Gasteiger partial charge < -0.3 is 15.1 Å². The summed E-state index contributed by atoms with van der Waals surface area (Å²) in [6.07, 6.45) is 5.68. The van der Waals surface area contributed by atoms with Gasteiger partial charge in [0.15, 0.2) is 0 Å². The first kappa shape index (κ1) is 18.7. The molecule has 0 aromatic carbocycles. The van der Waals surface area contributed by atoms with E-state index in [0.29, 0.717) is 18.3 Å². The van der Waals surface area contributed by atoms with Crippen LogP contribution in [-0.2, 0) is 4.79 Å². The number of aromatic nitrogens is 2. The molecular weight excluding hydrogens is 330 g/mol. The molecule has 3 heterocycles. The van der Waals surface area contributed by atoms with E-state index < -0.39 is 0 Å². The number of piperidine rings is 1. The van der Waals surface area contributed by atoms with Crippen LogP contribution in [0.5, 0.6) is 0 Å². The van der Waals surface area contributed by atoms with Crippen LogP contribution in [0.1, 0.15) is 42.2 Å². The second kappa shape index (κ2) is 7.98. The van der Waals surface area contributed by atoms with Crippen LogP contribution in [0.15, 0.2) is 12.3 Å². The van der Waals surface area contributed by atoms with Crippen molar-refractivity contribution in [1.29, 1.82) is 0 Å². The average molecular weight is 356 g/mol. The highest BCUT2D eigenvalue weighted by molar-refractivity contribution is 5.96. The Morgan fingerprint density at radius 1 is 1.29 bits per heavy atom. The van der Waals surface area contributed by atoms with Gasteiger partial charge in [-0.25, -0.2) is 0 Å². The summed E-state index contributed by atoms with van der Waals surface area (Å²) in [6, 6.07) is 1.73. The Morgan fingerprint density at radius 3 is 2.75 bits per heavy atom. The van der Waals surface area contributed by atoms with Crippen LogP contribution in [0.4, 0.5) is 0 Å². The number of likely N-dealkylation sites (tertiary alicyclic amines) is 1. The molecule has 2 aliphatic rings. The van der Waals surface area contributed by atoms with E-state index in [2.05, 4.69) is 10.4 Å². The minimum atomic E-state index is -0.348. The maximum Gasteiger partial charge on any atom is 0.275 e. The number of rotatable bonds is 3. The van der Waals surface area contributed by atoms with Gasteiger partial charge in [0, 0.05) is 33.4 Å². The maximum absolute atomic E-state index is 12.7. The lowest BCUT2D eigenvalue weighted by molar-refractivity contribution is -0.132. The molecule has 1 N–H and O–H groups in total. The van der Waals surface area contributed by atoms with E-state index in [4.69, 9.17) is 0 Å². The molecule has 2 saturated heterocycles. The van der Waals surface area contributed by atoms with E-state index in [9.17, 15) is 9.59 Å². The van der Waals surface area contributed by atoms with E-state index in [1.807, 2.05) is 10.9 Å². The molecule has 0 aliphatic carbocycles. The maximum atomic E-state index is 12.7. The minimum absolute atomic E-state index is 0. The van der Waals surface area contributed by atoms with Gasteiger partial charge in [0.05, 0.1) is 6.04 Å². The van der Waals surface area contributed by atoms with E-state index in [1.165, 1.54) is 0 Å². The first-order valence-corrected chi connectivity index (χ1v) is 8.36. The van der Waals surface area contributed by atoms with Gasteiger partial charge in [-0.05, 0) is 38.3 Å². The number of likely N-dealkylation sites (N-methyl/N-ethyl adjacent to an activating group) is 1. The van der Waals surface area contributed by atoms with Crippen LogP contribution < -0.4 is 5.32 Å². The third kappa shape index (κ3) is 3.72. The van der Waals surface area contributed by atoms with Gasteiger partial charge in [-0.15, -0.1) is 12.4 Å². The molecule has 7 nitrogen and oxygen atoms in total. The Balaban J connectivity index is 0.00000208. The summed E-state index contributed by atoms with van der Waals surface area (Å²) in [5, 5.41) is 7.83. The molecule has 0 bridgehead atoms. The number of hydrogen-bond acceptors (Lipinski definition) is 4. The lowest BCUT2D eigenvalue weighted by Crippen LogP contribution is -2.45. The van der Waals surface area contributed by atoms with Crippen molar-refractivity contribution >= 4 is 24.2 Å². The standard InChI is InChI=1S/C16H25N5O2.ClH/c1-19(2)16(23)14-6-4-9-20(14)15(22)13-7-10-21(18-13)12-5-3-8-17-11-12;/h7,10,12,14,17H,3-6,8-9,11H2,1-2H3;1H. The molecule has 8 heteroatoms. The van der Waals surface area contributed by atoms with Gasteiger partial charge in [-0.2, -0.15) is 5.10 Å². The zero-order valence-corrected chi connectivity index (χ0v) is 15.1. The van der Waals surface area contributed by atoms with Gasteiger partial charge in [-0.3, -0.25) is 14.3 Å².